The average molecular weight is 543 g/mol. The van der Waals surface area contributed by atoms with Gasteiger partial charge in [-0.2, -0.15) is 0 Å². The van der Waals surface area contributed by atoms with Crippen molar-refractivity contribution in [3.8, 4) is 17.2 Å². The summed E-state index contributed by atoms with van der Waals surface area (Å²) < 4.78 is 13.6. The number of rotatable bonds is 8. The Kier molecular flexibility index (Phi) is 6.68. The third-order valence-electron chi connectivity index (χ3n) is 7.33. The van der Waals surface area contributed by atoms with Crippen molar-refractivity contribution >= 4 is 39.6 Å². The first-order valence-electron chi connectivity index (χ1n) is 13.1. The number of aromatic nitrogens is 2. The number of imide groups is 1. The minimum absolute atomic E-state index is 0.246. The Morgan fingerprint density at radius 3 is 2.49 bits per heavy atom. The van der Waals surface area contributed by atoms with Crippen molar-refractivity contribution in [1.29, 1.82) is 0 Å². The number of thioether (sulfide) groups is 1. The monoisotopic (exact) mass is 542 g/mol. The van der Waals surface area contributed by atoms with E-state index >= 15 is 0 Å². The molecule has 2 fully saturated rings. The minimum Gasteiger partial charge on any atom is -0.486 e. The number of anilines is 1. The van der Waals surface area contributed by atoms with Crippen molar-refractivity contribution in [3.05, 3.63) is 78.1 Å². The van der Waals surface area contributed by atoms with Crippen LogP contribution in [0.3, 0.4) is 0 Å². The van der Waals surface area contributed by atoms with Gasteiger partial charge < -0.3 is 18.9 Å². The molecule has 1 atom stereocenters. The number of para-hydroxylation sites is 2. The van der Waals surface area contributed by atoms with Crippen molar-refractivity contribution in [3.63, 3.8) is 0 Å². The fourth-order valence-corrected chi connectivity index (χ4v) is 6.10. The van der Waals surface area contributed by atoms with E-state index in [1.807, 2.05) is 66.2 Å². The van der Waals surface area contributed by atoms with E-state index in [4.69, 9.17) is 14.5 Å². The van der Waals surface area contributed by atoms with E-state index in [0.29, 0.717) is 18.8 Å². The average Bonchev–Trinajstić information content (AvgIpc) is 3.63. The topological polar surface area (TPSA) is 85.7 Å². The summed E-state index contributed by atoms with van der Waals surface area (Å²) in [5.74, 6) is 2.89. The van der Waals surface area contributed by atoms with Gasteiger partial charge in [-0.1, -0.05) is 24.3 Å². The second-order valence-corrected chi connectivity index (χ2v) is 11.7. The summed E-state index contributed by atoms with van der Waals surface area (Å²) in [6.45, 7) is 4.22. The lowest BCUT2D eigenvalue weighted by Gasteiger charge is -2.21. The number of hydrogen-bond donors (Lipinski definition) is 1. The van der Waals surface area contributed by atoms with Crippen LogP contribution in [0.1, 0.15) is 31.2 Å². The van der Waals surface area contributed by atoms with Crippen LogP contribution in [0.25, 0.3) is 11.0 Å². The maximum Gasteiger partial charge on any atom is 0.286 e. The molecule has 2 amide bonds. The van der Waals surface area contributed by atoms with E-state index in [2.05, 4.69) is 22.3 Å². The zero-order valence-electron chi connectivity index (χ0n) is 22.0. The predicted molar refractivity (Wildman–Crippen MR) is 153 cm³/mol. The van der Waals surface area contributed by atoms with Crippen LogP contribution in [-0.2, 0) is 24.9 Å². The van der Waals surface area contributed by atoms with Gasteiger partial charge in [-0.25, -0.2) is 4.98 Å². The normalized spacial score (nSPS) is 19.1. The fraction of sp³-hybridized carbons (Fsp3) is 0.300. The molecule has 2 saturated heterocycles. The molecule has 0 bridgehead atoms. The lowest BCUT2D eigenvalue weighted by Crippen LogP contribution is -2.35. The van der Waals surface area contributed by atoms with E-state index < -0.39 is 4.75 Å². The van der Waals surface area contributed by atoms with Crippen molar-refractivity contribution in [2.24, 2.45) is 7.05 Å². The highest BCUT2D eigenvalue weighted by molar-refractivity contribution is 8.16. The lowest BCUT2D eigenvalue weighted by atomic mass is 9.99. The van der Waals surface area contributed by atoms with Gasteiger partial charge in [0.05, 0.1) is 16.7 Å². The number of ether oxygens (including phenoxy) is 2. The van der Waals surface area contributed by atoms with Crippen LogP contribution in [-0.4, -0.2) is 38.5 Å². The zero-order chi connectivity index (χ0) is 27.0. The van der Waals surface area contributed by atoms with Gasteiger partial charge in [0.1, 0.15) is 28.7 Å². The zero-order valence-corrected chi connectivity index (χ0v) is 22.8. The van der Waals surface area contributed by atoms with E-state index in [1.54, 1.807) is 6.92 Å². The Morgan fingerprint density at radius 2 is 1.74 bits per heavy atom. The summed E-state index contributed by atoms with van der Waals surface area (Å²) in [5.41, 5.74) is 3.94. The standard InChI is InChI=1S/C30H30N4O4S/c1-30(28(35)32-29(36)39-30)18-20-9-11-21(12-10-20)37-19-27-31-23-14-13-22(17-25(23)33(27)2)38-26-8-4-3-7-24(26)34-15-5-6-16-34/h3-4,7-14,17H,5-6,15-16,18-19H2,1-2H3,(H,32,35,36)/t30-/m0/s1. The molecule has 6 rings (SSSR count). The van der Waals surface area contributed by atoms with Gasteiger partial charge in [-0.3, -0.25) is 14.9 Å². The molecule has 9 heteroatoms. The highest BCUT2D eigenvalue weighted by atomic mass is 32.2. The molecule has 3 heterocycles. The highest BCUT2D eigenvalue weighted by Crippen LogP contribution is 2.36. The molecule has 39 heavy (non-hydrogen) atoms. The number of carbonyl (C=O) groups is 2. The number of nitrogens with one attached hydrogen (secondary N) is 1. The van der Waals surface area contributed by atoms with Crippen LogP contribution in [0.2, 0.25) is 0 Å². The molecule has 8 nitrogen and oxygen atoms in total. The van der Waals surface area contributed by atoms with Gasteiger partial charge in [0.15, 0.2) is 5.75 Å². The van der Waals surface area contributed by atoms with E-state index in [9.17, 15) is 9.59 Å². The molecular weight excluding hydrogens is 512 g/mol. The van der Waals surface area contributed by atoms with E-state index in [1.165, 1.54) is 12.8 Å². The molecule has 2 aliphatic rings. The summed E-state index contributed by atoms with van der Waals surface area (Å²) in [5, 5.41) is 2.07. The quantitative estimate of drug-likeness (QED) is 0.300. The Balaban J connectivity index is 1.13. The van der Waals surface area contributed by atoms with Crippen molar-refractivity contribution in [2.75, 3.05) is 18.0 Å². The first-order valence-corrected chi connectivity index (χ1v) is 13.9. The third kappa shape index (κ3) is 5.18. The number of imidazole rings is 1. The molecule has 0 aliphatic carbocycles. The molecule has 0 unspecified atom stereocenters. The Labute approximate surface area is 231 Å². The van der Waals surface area contributed by atoms with Crippen LogP contribution >= 0.6 is 11.8 Å². The van der Waals surface area contributed by atoms with Crippen LogP contribution in [0, 0.1) is 0 Å². The molecule has 2 aliphatic heterocycles. The first-order chi connectivity index (χ1) is 18.9. The molecule has 0 radical (unpaired) electrons. The number of fused-ring (bicyclic) bond motifs is 1. The molecule has 3 aromatic carbocycles. The molecule has 4 aromatic rings. The Hall–Kier alpha value is -3.98. The van der Waals surface area contributed by atoms with Gasteiger partial charge in [-0.05, 0) is 79.9 Å². The molecular formula is C30H30N4O4S. The second-order valence-electron chi connectivity index (χ2n) is 10.2. The maximum absolute atomic E-state index is 12.1. The summed E-state index contributed by atoms with van der Waals surface area (Å²) >= 11 is 1.04. The van der Waals surface area contributed by atoms with Gasteiger partial charge in [0.25, 0.3) is 5.24 Å². The summed E-state index contributed by atoms with van der Waals surface area (Å²) in [6, 6.07) is 21.8. The molecule has 0 spiro atoms. The SMILES string of the molecule is Cn1c(COc2ccc(C[C@]3(C)SC(=O)NC3=O)cc2)nc2ccc(Oc3ccccc3N3CCCC3)cc21. The predicted octanol–water partition coefficient (Wildman–Crippen LogP) is 5.83. The smallest absolute Gasteiger partial charge is 0.286 e. The van der Waals surface area contributed by atoms with Crippen LogP contribution in [0.5, 0.6) is 17.2 Å². The summed E-state index contributed by atoms with van der Waals surface area (Å²) in [6.07, 6.45) is 2.89. The van der Waals surface area contributed by atoms with Crippen LogP contribution in [0.4, 0.5) is 10.5 Å². The number of nitrogens with zero attached hydrogens (tertiary/aromatic N) is 3. The molecule has 1 aromatic heterocycles. The van der Waals surface area contributed by atoms with Gasteiger partial charge >= 0.3 is 0 Å². The van der Waals surface area contributed by atoms with Crippen molar-refractivity contribution in [2.45, 2.75) is 37.5 Å². The summed E-state index contributed by atoms with van der Waals surface area (Å²) in [4.78, 5) is 30.9. The first kappa shape index (κ1) is 25.3. The second kappa shape index (κ2) is 10.3. The number of aryl methyl sites for hydroxylation is 1. The lowest BCUT2D eigenvalue weighted by molar-refractivity contribution is -0.121. The maximum atomic E-state index is 12.1. The number of benzene rings is 3. The molecule has 200 valence electrons. The Morgan fingerprint density at radius 1 is 1.00 bits per heavy atom. The van der Waals surface area contributed by atoms with Gasteiger partial charge in [0, 0.05) is 26.2 Å². The number of amides is 2. The molecule has 0 saturated carbocycles. The minimum atomic E-state index is -0.786. The molecule has 1 N–H and O–H groups in total. The third-order valence-corrected chi connectivity index (χ3v) is 8.40. The van der Waals surface area contributed by atoms with Gasteiger partial charge in [-0.15, -0.1) is 0 Å². The van der Waals surface area contributed by atoms with Crippen molar-refractivity contribution in [1.82, 2.24) is 14.9 Å². The fourth-order valence-electron chi connectivity index (χ4n) is 5.16. The van der Waals surface area contributed by atoms with Crippen LogP contribution < -0.4 is 19.7 Å². The summed E-state index contributed by atoms with van der Waals surface area (Å²) in [7, 11) is 1.98. The van der Waals surface area contributed by atoms with Crippen molar-refractivity contribution < 1.29 is 19.1 Å². The van der Waals surface area contributed by atoms with E-state index in [0.717, 1.165) is 64.5 Å². The van der Waals surface area contributed by atoms with Crippen LogP contribution in [0.15, 0.2) is 66.7 Å². The number of carbonyl (C=O) groups excluding carboxylic acids is 2. The Bertz CT molecular complexity index is 1540. The van der Waals surface area contributed by atoms with Gasteiger partial charge in [0.2, 0.25) is 5.91 Å². The largest absolute Gasteiger partial charge is 0.486 e. The number of hydrogen-bond acceptors (Lipinski definition) is 7. The highest BCUT2D eigenvalue weighted by Gasteiger charge is 2.43. The van der Waals surface area contributed by atoms with E-state index in [-0.39, 0.29) is 11.1 Å².